The molecule has 0 aliphatic heterocycles. The zero-order valence-corrected chi connectivity index (χ0v) is 11.3. The van der Waals surface area contributed by atoms with Crippen LogP contribution in [0.25, 0.3) is 10.8 Å². The van der Waals surface area contributed by atoms with Crippen molar-refractivity contribution in [3.63, 3.8) is 0 Å². The van der Waals surface area contributed by atoms with Gasteiger partial charge in [-0.1, -0.05) is 36.4 Å². The molecular weight excluding hydrogens is 272 g/mol. The van der Waals surface area contributed by atoms with E-state index in [-0.39, 0.29) is 0 Å². The standard InChI is InChI=1S/C17H11ClO2/c18-17(19)13-8-10-14(11-9-13)20-16-7-3-5-12-4-1-2-6-15(12)16/h1-11H. The first-order valence-electron chi connectivity index (χ1n) is 6.19. The fourth-order valence-corrected chi connectivity index (χ4v) is 2.19. The smallest absolute Gasteiger partial charge is 0.252 e. The average molecular weight is 283 g/mol. The highest BCUT2D eigenvalue weighted by Gasteiger charge is 2.04. The number of ether oxygens (including phenoxy) is 1. The Morgan fingerprint density at radius 2 is 1.55 bits per heavy atom. The molecular formula is C17H11ClO2. The SMILES string of the molecule is O=C(Cl)c1ccc(Oc2cccc3ccccc23)cc1. The van der Waals surface area contributed by atoms with Crippen LogP contribution >= 0.6 is 11.6 Å². The number of hydrogen-bond acceptors (Lipinski definition) is 2. The first-order valence-corrected chi connectivity index (χ1v) is 6.57. The van der Waals surface area contributed by atoms with E-state index in [9.17, 15) is 4.79 Å². The van der Waals surface area contributed by atoms with E-state index in [2.05, 4.69) is 0 Å². The summed E-state index contributed by atoms with van der Waals surface area (Å²) in [5, 5.41) is 1.70. The minimum atomic E-state index is -0.471. The van der Waals surface area contributed by atoms with Crippen molar-refractivity contribution in [2.45, 2.75) is 0 Å². The van der Waals surface area contributed by atoms with Gasteiger partial charge in [-0.05, 0) is 47.3 Å². The Labute approximate surface area is 121 Å². The van der Waals surface area contributed by atoms with Crippen molar-refractivity contribution in [2.75, 3.05) is 0 Å². The van der Waals surface area contributed by atoms with Gasteiger partial charge in [-0.2, -0.15) is 0 Å². The van der Waals surface area contributed by atoms with Gasteiger partial charge in [-0.15, -0.1) is 0 Å². The Morgan fingerprint density at radius 1 is 0.850 bits per heavy atom. The van der Waals surface area contributed by atoms with Crippen LogP contribution in [0.15, 0.2) is 66.7 Å². The number of carbonyl (C=O) groups excluding carboxylic acids is 1. The van der Waals surface area contributed by atoms with Crippen LogP contribution in [0.4, 0.5) is 0 Å². The average Bonchev–Trinajstić information content (AvgIpc) is 2.48. The van der Waals surface area contributed by atoms with Crippen molar-refractivity contribution < 1.29 is 9.53 Å². The lowest BCUT2D eigenvalue weighted by molar-refractivity contribution is 0.108. The Hall–Kier alpha value is -2.32. The van der Waals surface area contributed by atoms with Crippen LogP contribution in [0.2, 0.25) is 0 Å². The van der Waals surface area contributed by atoms with E-state index in [0.717, 1.165) is 16.5 Å². The molecule has 0 spiro atoms. The fraction of sp³-hybridized carbons (Fsp3) is 0. The summed E-state index contributed by atoms with van der Waals surface area (Å²) in [6.45, 7) is 0. The number of fused-ring (bicyclic) bond motifs is 1. The fourth-order valence-electron chi connectivity index (χ4n) is 2.07. The van der Waals surface area contributed by atoms with Gasteiger partial charge < -0.3 is 4.74 Å². The summed E-state index contributed by atoms with van der Waals surface area (Å²) in [4.78, 5) is 11.0. The highest BCUT2D eigenvalue weighted by molar-refractivity contribution is 6.67. The number of carbonyl (C=O) groups is 1. The largest absolute Gasteiger partial charge is 0.457 e. The highest BCUT2D eigenvalue weighted by atomic mass is 35.5. The van der Waals surface area contributed by atoms with Gasteiger partial charge in [0.15, 0.2) is 0 Å². The Kier molecular flexibility index (Phi) is 3.40. The normalized spacial score (nSPS) is 10.4. The maximum atomic E-state index is 11.0. The van der Waals surface area contributed by atoms with Gasteiger partial charge in [0, 0.05) is 10.9 Å². The van der Waals surface area contributed by atoms with E-state index >= 15 is 0 Å². The molecule has 0 aromatic heterocycles. The second kappa shape index (κ2) is 5.35. The Balaban J connectivity index is 1.95. The molecule has 0 N–H and O–H groups in total. The molecule has 0 saturated carbocycles. The molecule has 0 heterocycles. The topological polar surface area (TPSA) is 26.3 Å². The van der Waals surface area contributed by atoms with Crippen molar-refractivity contribution in [1.29, 1.82) is 0 Å². The molecule has 20 heavy (non-hydrogen) atoms. The van der Waals surface area contributed by atoms with Crippen molar-refractivity contribution in [3.05, 3.63) is 72.3 Å². The second-order valence-electron chi connectivity index (χ2n) is 4.38. The summed E-state index contributed by atoms with van der Waals surface area (Å²) in [6, 6.07) is 20.7. The minimum Gasteiger partial charge on any atom is -0.457 e. The van der Waals surface area contributed by atoms with Crippen LogP contribution in [0.5, 0.6) is 11.5 Å². The molecule has 0 amide bonds. The van der Waals surface area contributed by atoms with Crippen molar-refractivity contribution in [1.82, 2.24) is 0 Å². The summed E-state index contributed by atoms with van der Waals surface area (Å²) in [5.41, 5.74) is 0.455. The predicted molar refractivity (Wildman–Crippen MR) is 80.6 cm³/mol. The van der Waals surface area contributed by atoms with E-state index in [1.165, 1.54) is 0 Å². The number of halogens is 1. The van der Waals surface area contributed by atoms with Crippen LogP contribution in [-0.4, -0.2) is 5.24 Å². The van der Waals surface area contributed by atoms with Gasteiger partial charge in [0.2, 0.25) is 0 Å². The van der Waals surface area contributed by atoms with Crippen LogP contribution in [-0.2, 0) is 0 Å². The van der Waals surface area contributed by atoms with Crippen LogP contribution in [0.1, 0.15) is 10.4 Å². The first-order chi connectivity index (χ1) is 9.74. The summed E-state index contributed by atoms with van der Waals surface area (Å²) in [6.07, 6.45) is 0. The maximum Gasteiger partial charge on any atom is 0.252 e. The third kappa shape index (κ3) is 2.51. The predicted octanol–water partition coefficient (Wildman–Crippen LogP) is 5.01. The lowest BCUT2D eigenvalue weighted by Gasteiger charge is -2.09. The van der Waals surface area contributed by atoms with Gasteiger partial charge in [0.25, 0.3) is 5.24 Å². The van der Waals surface area contributed by atoms with Gasteiger partial charge in [0.1, 0.15) is 11.5 Å². The number of benzene rings is 3. The molecule has 0 fully saturated rings. The molecule has 0 unspecified atom stereocenters. The Bertz CT molecular complexity index is 758. The zero-order chi connectivity index (χ0) is 13.9. The van der Waals surface area contributed by atoms with Gasteiger partial charge in [-0.25, -0.2) is 0 Å². The van der Waals surface area contributed by atoms with Crippen LogP contribution in [0.3, 0.4) is 0 Å². The quantitative estimate of drug-likeness (QED) is 0.631. The molecule has 3 rings (SSSR count). The molecule has 0 radical (unpaired) electrons. The molecule has 0 bridgehead atoms. The maximum absolute atomic E-state index is 11.0. The molecule has 2 nitrogen and oxygen atoms in total. The van der Waals surface area contributed by atoms with E-state index < -0.39 is 5.24 Å². The molecule has 0 saturated heterocycles. The summed E-state index contributed by atoms with van der Waals surface area (Å²) < 4.78 is 5.87. The van der Waals surface area contributed by atoms with Crippen molar-refractivity contribution in [3.8, 4) is 11.5 Å². The number of rotatable bonds is 3. The van der Waals surface area contributed by atoms with Crippen molar-refractivity contribution >= 4 is 27.6 Å². The zero-order valence-electron chi connectivity index (χ0n) is 10.5. The van der Waals surface area contributed by atoms with E-state index in [1.807, 2.05) is 42.5 Å². The second-order valence-corrected chi connectivity index (χ2v) is 4.72. The minimum absolute atomic E-state index is 0.455. The summed E-state index contributed by atoms with van der Waals surface area (Å²) >= 11 is 5.41. The summed E-state index contributed by atoms with van der Waals surface area (Å²) in [7, 11) is 0. The highest BCUT2D eigenvalue weighted by Crippen LogP contribution is 2.29. The Morgan fingerprint density at radius 3 is 2.30 bits per heavy atom. The molecule has 0 atom stereocenters. The van der Waals surface area contributed by atoms with Crippen LogP contribution in [0, 0.1) is 0 Å². The molecule has 0 aliphatic rings. The van der Waals surface area contributed by atoms with Gasteiger partial charge in [-0.3, -0.25) is 4.79 Å². The monoisotopic (exact) mass is 282 g/mol. The molecule has 3 heteroatoms. The summed E-state index contributed by atoms with van der Waals surface area (Å²) in [5.74, 6) is 1.45. The van der Waals surface area contributed by atoms with Crippen LogP contribution < -0.4 is 4.74 Å². The van der Waals surface area contributed by atoms with Crippen molar-refractivity contribution in [2.24, 2.45) is 0 Å². The molecule has 3 aromatic carbocycles. The lowest BCUT2D eigenvalue weighted by atomic mass is 10.1. The molecule has 0 aliphatic carbocycles. The van der Waals surface area contributed by atoms with E-state index in [0.29, 0.717) is 11.3 Å². The third-order valence-electron chi connectivity index (χ3n) is 3.06. The van der Waals surface area contributed by atoms with Gasteiger partial charge in [0.05, 0.1) is 0 Å². The number of hydrogen-bond donors (Lipinski definition) is 0. The lowest BCUT2D eigenvalue weighted by Crippen LogP contribution is -1.89. The molecule has 3 aromatic rings. The van der Waals surface area contributed by atoms with E-state index in [4.69, 9.17) is 16.3 Å². The molecule has 98 valence electrons. The van der Waals surface area contributed by atoms with Gasteiger partial charge >= 0.3 is 0 Å². The van der Waals surface area contributed by atoms with E-state index in [1.54, 1.807) is 24.3 Å². The third-order valence-corrected chi connectivity index (χ3v) is 3.28. The first kappa shape index (κ1) is 12.7.